The molecule has 0 aliphatic carbocycles. The first-order valence-electron chi connectivity index (χ1n) is 6.83. The van der Waals surface area contributed by atoms with Gasteiger partial charge in [0.25, 0.3) is 0 Å². The third kappa shape index (κ3) is 3.50. The van der Waals surface area contributed by atoms with Crippen LogP contribution in [0, 0.1) is 0 Å². The molecule has 0 radical (unpaired) electrons. The van der Waals surface area contributed by atoms with Crippen LogP contribution in [0.1, 0.15) is 27.2 Å². The highest BCUT2D eigenvalue weighted by Gasteiger charge is 2.13. The van der Waals surface area contributed by atoms with Crippen molar-refractivity contribution in [3.05, 3.63) is 24.3 Å². The van der Waals surface area contributed by atoms with Gasteiger partial charge in [-0.25, -0.2) is 4.98 Å². The van der Waals surface area contributed by atoms with E-state index in [1.807, 2.05) is 56.7 Å². The van der Waals surface area contributed by atoms with Crippen LogP contribution in [0.4, 0.5) is 5.95 Å². The summed E-state index contributed by atoms with van der Waals surface area (Å²) in [7, 11) is 1.97. The highest BCUT2D eigenvalue weighted by atomic mass is 16.1. The molecule has 2 aromatic rings. The Morgan fingerprint density at radius 3 is 2.65 bits per heavy atom. The number of nitrogens with zero attached hydrogens (tertiary/aromatic N) is 2. The van der Waals surface area contributed by atoms with Gasteiger partial charge in [-0.15, -0.1) is 0 Å². The summed E-state index contributed by atoms with van der Waals surface area (Å²) in [5.74, 6) is 0.832. The number of carbonyl (C=O) groups excluding carboxylic acids is 1. The van der Waals surface area contributed by atoms with E-state index in [9.17, 15) is 4.79 Å². The average molecular weight is 274 g/mol. The van der Waals surface area contributed by atoms with Gasteiger partial charge in [0.2, 0.25) is 11.9 Å². The number of hydrogen-bond acceptors (Lipinski definition) is 3. The van der Waals surface area contributed by atoms with Gasteiger partial charge in [0.1, 0.15) is 0 Å². The van der Waals surface area contributed by atoms with Crippen molar-refractivity contribution in [1.29, 1.82) is 0 Å². The molecule has 1 aromatic carbocycles. The molecule has 0 atom stereocenters. The fraction of sp³-hybridized carbons (Fsp3) is 0.467. The maximum atomic E-state index is 11.7. The van der Waals surface area contributed by atoms with Crippen molar-refractivity contribution in [2.24, 2.45) is 7.05 Å². The Hall–Kier alpha value is -2.04. The van der Waals surface area contributed by atoms with Crippen molar-refractivity contribution >= 4 is 22.9 Å². The average Bonchev–Trinajstić information content (AvgIpc) is 2.65. The molecule has 2 N–H and O–H groups in total. The molecule has 20 heavy (non-hydrogen) atoms. The molecule has 1 amide bonds. The first kappa shape index (κ1) is 14.4. The Labute approximate surface area is 119 Å². The number of imidazole rings is 1. The fourth-order valence-electron chi connectivity index (χ4n) is 2.07. The van der Waals surface area contributed by atoms with Crippen molar-refractivity contribution in [1.82, 2.24) is 14.9 Å². The zero-order valence-electron chi connectivity index (χ0n) is 12.5. The van der Waals surface area contributed by atoms with Crippen LogP contribution in [0.15, 0.2) is 24.3 Å². The zero-order chi connectivity index (χ0) is 14.8. The molecule has 0 spiro atoms. The lowest BCUT2D eigenvalue weighted by atomic mass is 10.1. The fourth-order valence-corrected chi connectivity index (χ4v) is 2.07. The molecule has 0 saturated carbocycles. The van der Waals surface area contributed by atoms with E-state index in [0.717, 1.165) is 17.0 Å². The highest BCUT2D eigenvalue weighted by Crippen LogP contribution is 2.17. The number of carbonyl (C=O) groups is 1. The van der Waals surface area contributed by atoms with Crippen molar-refractivity contribution in [3.8, 4) is 0 Å². The van der Waals surface area contributed by atoms with Crippen molar-refractivity contribution < 1.29 is 4.79 Å². The van der Waals surface area contributed by atoms with E-state index >= 15 is 0 Å². The second kappa shape index (κ2) is 5.53. The molecule has 1 aromatic heterocycles. The summed E-state index contributed by atoms with van der Waals surface area (Å²) in [6, 6.07) is 7.97. The number of benzene rings is 1. The predicted molar refractivity (Wildman–Crippen MR) is 81.7 cm³/mol. The van der Waals surface area contributed by atoms with Crippen LogP contribution >= 0.6 is 0 Å². The smallest absolute Gasteiger partial charge is 0.222 e. The third-order valence-corrected chi connectivity index (χ3v) is 2.94. The van der Waals surface area contributed by atoms with Gasteiger partial charge in [-0.2, -0.15) is 0 Å². The minimum Gasteiger partial charge on any atom is -0.355 e. The molecule has 0 saturated heterocycles. The normalized spacial score (nSPS) is 11.6. The number of fused-ring (bicyclic) bond motifs is 1. The molecule has 108 valence electrons. The second-order valence-electron chi connectivity index (χ2n) is 5.96. The molecule has 2 rings (SSSR count). The summed E-state index contributed by atoms with van der Waals surface area (Å²) in [4.78, 5) is 16.2. The van der Waals surface area contributed by atoms with Crippen LogP contribution in [0.5, 0.6) is 0 Å². The van der Waals surface area contributed by atoms with Gasteiger partial charge in [0, 0.05) is 25.6 Å². The van der Waals surface area contributed by atoms with Crippen molar-refractivity contribution in [2.75, 3.05) is 11.9 Å². The Balaban J connectivity index is 1.93. The van der Waals surface area contributed by atoms with Gasteiger partial charge in [-0.1, -0.05) is 12.1 Å². The van der Waals surface area contributed by atoms with E-state index in [-0.39, 0.29) is 11.4 Å². The summed E-state index contributed by atoms with van der Waals surface area (Å²) in [6.07, 6.45) is 0.431. The van der Waals surface area contributed by atoms with Gasteiger partial charge in [0.05, 0.1) is 11.0 Å². The molecular formula is C15H22N4O. The van der Waals surface area contributed by atoms with Crippen LogP contribution in [0.25, 0.3) is 11.0 Å². The molecule has 0 bridgehead atoms. The Morgan fingerprint density at radius 1 is 1.30 bits per heavy atom. The standard InChI is InChI=1S/C15H22N4O/c1-15(2,3)18-13(20)9-10-16-14-17-11-7-5-6-8-12(11)19(14)4/h5-8H,9-10H2,1-4H3,(H,16,17)(H,18,20). The number of aromatic nitrogens is 2. The van der Waals surface area contributed by atoms with E-state index in [0.29, 0.717) is 13.0 Å². The predicted octanol–water partition coefficient (Wildman–Crippen LogP) is 2.29. The maximum Gasteiger partial charge on any atom is 0.222 e. The van der Waals surface area contributed by atoms with Crippen LogP contribution in [-0.2, 0) is 11.8 Å². The van der Waals surface area contributed by atoms with Gasteiger partial charge in [0.15, 0.2) is 0 Å². The summed E-state index contributed by atoms with van der Waals surface area (Å²) in [5.41, 5.74) is 1.85. The van der Waals surface area contributed by atoms with E-state index < -0.39 is 0 Å². The minimum atomic E-state index is -0.186. The van der Waals surface area contributed by atoms with Crippen LogP contribution in [0.3, 0.4) is 0 Å². The first-order valence-corrected chi connectivity index (χ1v) is 6.83. The summed E-state index contributed by atoms with van der Waals surface area (Å²) < 4.78 is 2.00. The van der Waals surface area contributed by atoms with Crippen LogP contribution in [-0.4, -0.2) is 27.5 Å². The Kier molecular flexibility index (Phi) is 3.97. The summed E-state index contributed by atoms with van der Waals surface area (Å²) in [6.45, 7) is 6.50. The number of para-hydroxylation sites is 2. The summed E-state index contributed by atoms with van der Waals surface area (Å²) >= 11 is 0. The second-order valence-corrected chi connectivity index (χ2v) is 5.96. The van der Waals surface area contributed by atoms with Crippen LogP contribution < -0.4 is 10.6 Å². The maximum absolute atomic E-state index is 11.7. The Bertz CT molecular complexity index is 610. The van der Waals surface area contributed by atoms with Crippen molar-refractivity contribution in [3.63, 3.8) is 0 Å². The molecular weight excluding hydrogens is 252 g/mol. The number of aryl methyl sites for hydroxylation is 1. The molecule has 0 unspecified atom stereocenters. The first-order chi connectivity index (χ1) is 9.37. The molecule has 0 fully saturated rings. The number of rotatable bonds is 4. The van der Waals surface area contributed by atoms with E-state index in [1.165, 1.54) is 0 Å². The van der Waals surface area contributed by atoms with Crippen LogP contribution in [0.2, 0.25) is 0 Å². The third-order valence-electron chi connectivity index (χ3n) is 2.94. The summed E-state index contributed by atoms with van der Waals surface area (Å²) in [5, 5.41) is 6.15. The SMILES string of the molecule is Cn1c(NCCC(=O)NC(C)(C)C)nc2ccccc21. The largest absolute Gasteiger partial charge is 0.355 e. The molecule has 0 aliphatic rings. The lowest BCUT2D eigenvalue weighted by Gasteiger charge is -2.20. The van der Waals surface area contributed by atoms with E-state index in [4.69, 9.17) is 0 Å². The van der Waals surface area contributed by atoms with E-state index in [1.54, 1.807) is 0 Å². The van der Waals surface area contributed by atoms with Gasteiger partial charge in [-0.05, 0) is 32.9 Å². The number of nitrogens with one attached hydrogen (secondary N) is 2. The van der Waals surface area contributed by atoms with Crippen molar-refractivity contribution in [2.45, 2.75) is 32.7 Å². The minimum absolute atomic E-state index is 0.0452. The lowest BCUT2D eigenvalue weighted by Crippen LogP contribution is -2.41. The monoisotopic (exact) mass is 274 g/mol. The van der Waals surface area contributed by atoms with E-state index in [2.05, 4.69) is 15.6 Å². The van der Waals surface area contributed by atoms with Gasteiger partial charge >= 0.3 is 0 Å². The number of amides is 1. The molecule has 5 heteroatoms. The Morgan fingerprint density at radius 2 is 2.00 bits per heavy atom. The molecule has 1 heterocycles. The zero-order valence-corrected chi connectivity index (χ0v) is 12.5. The molecule has 0 aliphatic heterocycles. The molecule has 5 nitrogen and oxygen atoms in total. The number of hydrogen-bond donors (Lipinski definition) is 2. The quantitative estimate of drug-likeness (QED) is 0.899. The highest BCUT2D eigenvalue weighted by molar-refractivity contribution is 5.79. The van der Waals surface area contributed by atoms with Gasteiger partial charge in [-0.3, -0.25) is 4.79 Å². The topological polar surface area (TPSA) is 59.0 Å². The van der Waals surface area contributed by atoms with Gasteiger partial charge < -0.3 is 15.2 Å². The number of anilines is 1. The lowest BCUT2D eigenvalue weighted by molar-refractivity contribution is -0.122.